The van der Waals surface area contributed by atoms with Gasteiger partial charge in [0.25, 0.3) is 5.91 Å². The minimum atomic E-state index is -0.251. The summed E-state index contributed by atoms with van der Waals surface area (Å²) in [6, 6.07) is 16.3. The Morgan fingerprint density at radius 1 is 0.958 bits per heavy atom. The summed E-state index contributed by atoms with van der Waals surface area (Å²) in [5, 5.41) is 6.95. The Balaban J connectivity index is 1.98. The number of rotatable bonds is 6. The molecule has 5 nitrogen and oxygen atoms in total. The number of hydrogen-bond acceptors (Lipinski definition) is 3. The van der Waals surface area contributed by atoms with E-state index in [0.717, 1.165) is 17.7 Å². The van der Waals surface area contributed by atoms with Crippen molar-refractivity contribution in [3.8, 4) is 0 Å². The smallest absolute Gasteiger partial charge is 0.271 e. The molecule has 0 heterocycles. The Morgan fingerprint density at radius 2 is 1.62 bits per heavy atom. The fraction of sp³-hybridized carbons (Fsp3) is 0.211. The van der Waals surface area contributed by atoms with E-state index < -0.39 is 0 Å². The van der Waals surface area contributed by atoms with Crippen LogP contribution in [0.25, 0.3) is 0 Å². The highest BCUT2D eigenvalue weighted by Crippen LogP contribution is 2.11. The van der Waals surface area contributed by atoms with Gasteiger partial charge in [-0.3, -0.25) is 9.59 Å². The van der Waals surface area contributed by atoms with E-state index in [1.165, 1.54) is 0 Å². The maximum atomic E-state index is 12.0. The Kier molecular flexibility index (Phi) is 6.25. The molecule has 0 aliphatic heterocycles. The highest BCUT2D eigenvalue weighted by molar-refractivity contribution is 6.01. The lowest BCUT2D eigenvalue weighted by molar-refractivity contribution is -0.116. The minimum Gasteiger partial charge on any atom is -0.326 e. The van der Waals surface area contributed by atoms with Gasteiger partial charge in [0.15, 0.2) is 0 Å². The van der Waals surface area contributed by atoms with Crippen molar-refractivity contribution in [1.29, 1.82) is 0 Å². The highest BCUT2D eigenvalue weighted by Gasteiger charge is 2.05. The van der Waals surface area contributed by atoms with Crippen LogP contribution >= 0.6 is 0 Å². The van der Waals surface area contributed by atoms with E-state index in [1.807, 2.05) is 44.2 Å². The molecule has 2 aromatic rings. The van der Waals surface area contributed by atoms with E-state index in [4.69, 9.17) is 0 Å². The number of carbonyl (C=O) groups is 2. The average molecular weight is 323 g/mol. The lowest BCUT2D eigenvalue weighted by Gasteiger charge is -2.06. The number of carbonyl (C=O) groups excluding carboxylic acids is 2. The van der Waals surface area contributed by atoms with Crippen LogP contribution in [0.1, 0.15) is 42.6 Å². The standard InChI is InChI=1S/C19H21N3O2/c1-3-7-18(23)20-17-12-10-15(11-13-17)14(2)21-22-19(24)16-8-5-4-6-9-16/h4-6,8-13H,3,7H2,1-2H3,(H,20,23)(H,22,24)/b21-14+. The molecule has 0 unspecified atom stereocenters. The molecule has 0 fully saturated rings. The topological polar surface area (TPSA) is 70.6 Å². The van der Waals surface area contributed by atoms with Crippen molar-refractivity contribution in [2.75, 3.05) is 5.32 Å². The van der Waals surface area contributed by atoms with Crippen molar-refractivity contribution >= 4 is 23.2 Å². The van der Waals surface area contributed by atoms with Gasteiger partial charge in [-0.05, 0) is 43.2 Å². The van der Waals surface area contributed by atoms with Crippen LogP contribution in [0.5, 0.6) is 0 Å². The largest absolute Gasteiger partial charge is 0.326 e. The fourth-order valence-corrected chi connectivity index (χ4v) is 2.10. The summed E-state index contributed by atoms with van der Waals surface area (Å²) in [6.07, 6.45) is 1.32. The van der Waals surface area contributed by atoms with Gasteiger partial charge in [-0.25, -0.2) is 5.43 Å². The van der Waals surface area contributed by atoms with Crippen LogP contribution in [0.4, 0.5) is 5.69 Å². The first-order valence-corrected chi connectivity index (χ1v) is 7.90. The molecule has 0 saturated heterocycles. The van der Waals surface area contributed by atoms with E-state index in [0.29, 0.717) is 17.7 Å². The molecule has 2 aromatic carbocycles. The molecule has 2 amide bonds. The first-order valence-electron chi connectivity index (χ1n) is 7.90. The number of hydrogen-bond donors (Lipinski definition) is 2. The Morgan fingerprint density at radius 3 is 2.25 bits per heavy atom. The molecular formula is C19H21N3O2. The van der Waals surface area contributed by atoms with Crippen molar-refractivity contribution in [1.82, 2.24) is 5.43 Å². The van der Waals surface area contributed by atoms with Crippen molar-refractivity contribution in [2.45, 2.75) is 26.7 Å². The molecule has 2 rings (SSSR count). The van der Waals surface area contributed by atoms with Gasteiger partial charge in [-0.15, -0.1) is 0 Å². The zero-order chi connectivity index (χ0) is 17.4. The van der Waals surface area contributed by atoms with Crippen LogP contribution in [-0.4, -0.2) is 17.5 Å². The number of nitrogens with zero attached hydrogens (tertiary/aromatic N) is 1. The fourth-order valence-electron chi connectivity index (χ4n) is 2.10. The van der Waals surface area contributed by atoms with Crippen LogP contribution in [0.3, 0.4) is 0 Å². The van der Waals surface area contributed by atoms with Crippen LogP contribution in [0, 0.1) is 0 Å². The molecule has 0 atom stereocenters. The third kappa shape index (κ3) is 5.05. The van der Waals surface area contributed by atoms with Crippen LogP contribution in [0.15, 0.2) is 59.7 Å². The predicted octanol–water partition coefficient (Wildman–Crippen LogP) is 3.58. The highest BCUT2D eigenvalue weighted by atomic mass is 16.2. The third-order valence-corrected chi connectivity index (χ3v) is 3.42. The zero-order valence-corrected chi connectivity index (χ0v) is 13.9. The SMILES string of the molecule is CCCC(=O)Nc1ccc(/C(C)=N/NC(=O)c2ccccc2)cc1. The second-order valence-corrected chi connectivity index (χ2v) is 5.38. The summed E-state index contributed by atoms with van der Waals surface area (Å²) in [7, 11) is 0. The van der Waals surface area contributed by atoms with Crippen LogP contribution in [0.2, 0.25) is 0 Å². The van der Waals surface area contributed by atoms with Crippen LogP contribution < -0.4 is 10.7 Å². The summed E-state index contributed by atoms with van der Waals surface area (Å²) in [6.45, 7) is 3.78. The number of anilines is 1. The molecule has 0 aliphatic carbocycles. The molecule has 0 spiro atoms. The second-order valence-electron chi connectivity index (χ2n) is 5.38. The molecule has 0 aliphatic rings. The molecule has 2 N–H and O–H groups in total. The lowest BCUT2D eigenvalue weighted by atomic mass is 10.1. The molecule has 0 saturated carbocycles. The first kappa shape index (κ1) is 17.4. The van der Waals surface area contributed by atoms with Crippen molar-refractivity contribution in [3.05, 3.63) is 65.7 Å². The zero-order valence-electron chi connectivity index (χ0n) is 13.9. The maximum absolute atomic E-state index is 12.0. The average Bonchev–Trinajstić information content (AvgIpc) is 2.61. The summed E-state index contributed by atoms with van der Waals surface area (Å²) >= 11 is 0. The lowest BCUT2D eigenvalue weighted by Crippen LogP contribution is -2.19. The van der Waals surface area contributed by atoms with Gasteiger partial charge in [0.05, 0.1) is 5.71 Å². The molecular weight excluding hydrogens is 302 g/mol. The monoisotopic (exact) mass is 323 g/mol. The van der Waals surface area contributed by atoms with E-state index in [-0.39, 0.29) is 11.8 Å². The minimum absolute atomic E-state index is 0.00534. The molecule has 0 radical (unpaired) electrons. The quantitative estimate of drug-likeness (QED) is 0.630. The second kappa shape index (κ2) is 8.62. The number of nitrogens with one attached hydrogen (secondary N) is 2. The normalized spacial score (nSPS) is 11.0. The van der Waals surface area contributed by atoms with Crippen molar-refractivity contribution in [2.24, 2.45) is 5.10 Å². The van der Waals surface area contributed by atoms with Gasteiger partial charge < -0.3 is 5.32 Å². The van der Waals surface area contributed by atoms with Gasteiger partial charge in [0.1, 0.15) is 0 Å². The number of hydrazone groups is 1. The molecule has 24 heavy (non-hydrogen) atoms. The van der Waals surface area contributed by atoms with Gasteiger partial charge in [-0.2, -0.15) is 5.10 Å². The van der Waals surface area contributed by atoms with Gasteiger partial charge in [0, 0.05) is 17.7 Å². The van der Waals surface area contributed by atoms with E-state index >= 15 is 0 Å². The first-order chi connectivity index (χ1) is 11.6. The van der Waals surface area contributed by atoms with Gasteiger partial charge >= 0.3 is 0 Å². The Hall–Kier alpha value is -2.95. The predicted molar refractivity (Wildman–Crippen MR) is 96.1 cm³/mol. The maximum Gasteiger partial charge on any atom is 0.271 e. The number of amides is 2. The van der Waals surface area contributed by atoms with E-state index in [2.05, 4.69) is 15.8 Å². The van der Waals surface area contributed by atoms with Gasteiger partial charge in [-0.1, -0.05) is 37.3 Å². The summed E-state index contributed by atoms with van der Waals surface area (Å²) in [5.41, 5.74) is 5.40. The molecule has 0 aromatic heterocycles. The van der Waals surface area contributed by atoms with Crippen molar-refractivity contribution < 1.29 is 9.59 Å². The molecule has 0 bridgehead atoms. The van der Waals surface area contributed by atoms with Gasteiger partial charge in [0.2, 0.25) is 5.91 Å². The Labute approximate surface area is 141 Å². The Bertz CT molecular complexity index is 722. The number of benzene rings is 2. The van der Waals surface area contributed by atoms with E-state index in [1.54, 1.807) is 24.3 Å². The molecule has 124 valence electrons. The van der Waals surface area contributed by atoms with Crippen molar-refractivity contribution in [3.63, 3.8) is 0 Å². The summed E-state index contributed by atoms with van der Waals surface area (Å²) in [5.74, 6) is -0.246. The molecule has 5 heteroatoms. The summed E-state index contributed by atoms with van der Waals surface area (Å²) in [4.78, 5) is 23.5. The van der Waals surface area contributed by atoms with Crippen LogP contribution in [-0.2, 0) is 4.79 Å². The third-order valence-electron chi connectivity index (χ3n) is 3.42. The summed E-state index contributed by atoms with van der Waals surface area (Å²) < 4.78 is 0. The van der Waals surface area contributed by atoms with E-state index in [9.17, 15) is 9.59 Å².